The van der Waals surface area contributed by atoms with Gasteiger partial charge in [0.15, 0.2) is 0 Å². The van der Waals surface area contributed by atoms with Gasteiger partial charge in [0.1, 0.15) is 0 Å². The van der Waals surface area contributed by atoms with Crippen LogP contribution in [0, 0.1) is 6.92 Å². The zero-order valence-corrected chi connectivity index (χ0v) is 9.19. The molecule has 0 saturated carbocycles. The highest BCUT2D eigenvalue weighted by molar-refractivity contribution is 5.72. The standard InChI is InChI=1S/C11H13N3O2/c1-7-9(5-10(15)16)14(2)13-11(7)8-3-4-12-6-8/h3-4,6,12H,5H2,1-2H3,(H,15,16). The molecule has 84 valence electrons. The molecule has 0 amide bonds. The number of hydrogen-bond acceptors (Lipinski definition) is 2. The highest BCUT2D eigenvalue weighted by Gasteiger charge is 2.16. The molecule has 0 aliphatic rings. The molecule has 0 aromatic carbocycles. The summed E-state index contributed by atoms with van der Waals surface area (Å²) in [5.74, 6) is -0.841. The van der Waals surface area contributed by atoms with Crippen LogP contribution in [0.2, 0.25) is 0 Å². The maximum Gasteiger partial charge on any atom is 0.309 e. The predicted octanol–water partition coefficient (Wildman–Crippen LogP) is 1.35. The highest BCUT2D eigenvalue weighted by Crippen LogP contribution is 2.24. The van der Waals surface area contributed by atoms with Gasteiger partial charge in [0.2, 0.25) is 0 Å². The third kappa shape index (κ3) is 1.71. The van der Waals surface area contributed by atoms with E-state index < -0.39 is 5.97 Å². The molecule has 0 saturated heterocycles. The Balaban J connectivity index is 2.46. The molecule has 0 unspecified atom stereocenters. The van der Waals surface area contributed by atoms with Crippen molar-refractivity contribution >= 4 is 5.97 Å². The molecule has 2 rings (SSSR count). The second kappa shape index (κ2) is 3.84. The summed E-state index contributed by atoms with van der Waals surface area (Å²) in [6.07, 6.45) is 3.67. The molecule has 5 heteroatoms. The van der Waals surface area contributed by atoms with Crippen LogP contribution in [0.15, 0.2) is 18.5 Å². The van der Waals surface area contributed by atoms with E-state index in [9.17, 15) is 4.79 Å². The summed E-state index contributed by atoms with van der Waals surface area (Å²) in [5.41, 5.74) is 3.47. The maximum atomic E-state index is 10.7. The molecule has 0 aliphatic heterocycles. The third-order valence-electron chi connectivity index (χ3n) is 2.62. The Bertz CT molecular complexity index is 512. The van der Waals surface area contributed by atoms with Crippen molar-refractivity contribution in [2.24, 2.45) is 7.05 Å². The van der Waals surface area contributed by atoms with Crippen molar-refractivity contribution in [2.45, 2.75) is 13.3 Å². The van der Waals surface area contributed by atoms with Crippen LogP contribution < -0.4 is 0 Å². The van der Waals surface area contributed by atoms with Gasteiger partial charge in [-0.2, -0.15) is 5.10 Å². The quantitative estimate of drug-likeness (QED) is 0.818. The molecule has 0 bridgehead atoms. The van der Waals surface area contributed by atoms with Gasteiger partial charge < -0.3 is 10.1 Å². The molecule has 2 heterocycles. The summed E-state index contributed by atoms with van der Waals surface area (Å²) < 4.78 is 1.63. The summed E-state index contributed by atoms with van der Waals surface area (Å²) in [6, 6.07) is 1.92. The van der Waals surface area contributed by atoms with Crippen molar-refractivity contribution in [3.63, 3.8) is 0 Å². The summed E-state index contributed by atoms with van der Waals surface area (Å²) in [4.78, 5) is 13.7. The Hall–Kier alpha value is -2.04. The van der Waals surface area contributed by atoms with E-state index in [4.69, 9.17) is 5.11 Å². The number of aromatic nitrogens is 3. The number of carbonyl (C=O) groups is 1. The number of carboxylic acids is 1. The monoisotopic (exact) mass is 219 g/mol. The first-order chi connectivity index (χ1) is 7.59. The van der Waals surface area contributed by atoms with Crippen LogP contribution in [0.4, 0.5) is 0 Å². The fraction of sp³-hybridized carbons (Fsp3) is 0.273. The molecule has 2 N–H and O–H groups in total. The van der Waals surface area contributed by atoms with Gasteiger partial charge in [0.25, 0.3) is 0 Å². The fourth-order valence-corrected chi connectivity index (χ4v) is 1.80. The van der Waals surface area contributed by atoms with Crippen molar-refractivity contribution in [3.05, 3.63) is 29.7 Å². The van der Waals surface area contributed by atoms with Crippen molar-refractivity contribution in [1.82, 2.24) is 14.8 Å². The maximum absolute atomic E-state index is 10.7. The lowest BCUT2D eigenvalue weighted by Gasteiger charge is -1.98. The molecular formula is C11H13N3O2. The minimum absolute atomic E-state index is 0.000242. The number of aromatic amines is 1. The van der Waals surface area contributed by atoms with E-state index >= 15 is 0 Å². The van der Waals surface area contributed by atoms with Gasteiger partial charge in [-0.3, -0.25) is 9.48 Å². The molecule has 5 nitrogen and oxygen atoms in total. The van der Waals surface area contributed by atoms with Crippen LogP contribution in [0.3, 0.4) is 0 Å². The highest BCUT2D eigenvalue weighted by atomic mass is 16.4. The molecule has 0 spiro atoms. The van der Waals surface area contributed by atoms with Gasteiger partial charge in [-0.25, -0.2) is 0 Å². The molecule has 2 aromatic rings. The normalized spacial score (nSPS) is 10.6. The topological polar surface area (TPSA) is 70.9 Å². The molecule has 2 aromatic heterocycles. The number of hydrogen-bond donors (Lipinski definition) is 2. The second-order valence-electron chi connectivity index (χ2n) is 3.71. The number of aliphatic carboxylic acids is 1. The van der Waals surface area contributed by atoms with Crippen LogP contribution >= 0.6 is 0 Å². The predicted molar refractivity (Wildman–Crippen MR) is 59.1 cm³/mol. The van der Waals surface area contributed by atoms with E-state index in [2.05, 4.69) is 10.1 Å². The molecule has 0 aliphatic carbocycles. The van der Waals surface area contributed by atoms with Gasteiger partial charge in [0, 0.05) is 25.0 Å². The number of nitrogens with zero attached hydrogens (tertiary/aromatic N) is 2. The fourth-order valence-electron chi connectivity index (χ4n) is 1.80. The van der Waals surface area contributed by atoms with Gasteiger partial charge in [-0.05, 0) is 18.6 Å². The first kappa shape index (κ1) is 10.5. The number of H-pyrrole nitrogens is 1. The summed E-state index contributed by atoms with van der Waals surface area (Å²) >= 11 is 0. The molecule has 0 atom stereocenters. The zero-order chi connectivity index (χ0) is 11.7. The van der Waals surface area contributed by atoms with Gasteiger partial charge in [0.05, 0.1) is 17.8 Å². The zero-order valence-electron chi connectivity index (χ0n) is 9.19. The lowest BCUT2D eigenvalue weighted by atomic mass is 10.1. The minimum atomic E-state index is -0.841. The number of rotatable bonds is 3. The van der Waals surface area contributed by atoms with E-state index in [0.29, 0.717) is 0 Å². The Labute approximate surface area is 92.7 Å². The van der Waals surface area contributed by atoms with Crippen LogP contribution in [-0.4, -0.2) is 25.8 Å². The van der Waals surface area contributed by atoms with Gasteiger partial charge >= 0.3 is 5.97 Å². The number of aryl methyl sites for hydroxylation is 1. The average molecular weight is 219 g/mol. The van der Waals surface area contributed by atoms with E-state index in [1.165, 1.54) is 0 Å². The summed E-state index contributed by atoms with van der Waals surface area (Å²) in [5, 5.41) is 13.1. The smallest absolute Gasteiger partial charge is 0.309 e. The van der Waals surface area contributed by atoms with E-state index in [1.54, 1.807) is 11.7 Å². The lowest BCUT2D eigenvalue weighted by molar-refractivity contribution is -0.136. The number of nitrogens with one attached hydrogen (secondary N) is 1. The van der Waals surface area contributed by atoms with Crippen molar-refractivity contribution in [2.75, 3.05) is 0 Å². The van der Waals surface area contributed by atoms with E-state index in [0.717, 1.165) is 22.5 Å². The minimum Gasteiger partial charge on any atom is -0.481 e. The SMILES string of the molecule is Cc1c(-c2cc[nH]c2)nn(C)c1CC(=O)O. The second-order valence-corrected chi connectivity index (χ2v) is 3.71. The van der Waals surface area contributed by atoms with Crippen LogP contribution in [0.5, 0.6) is 0 Å². The number of carboxylic acid groups (broad SMARTS) is 1. The molecule has 0 fully saturated rings. The molecule has 16 heavy (non-hydrogen) atoms. The van der Waals surface area contributed by atoms with Gasteiger partial charge in [-0.15, -0.1) is 0 Å². The average Bonchev–Trinajstić information content (AvgIpc) is 2.80. The summed E-state index contributed by atoms with van der Waals surface area (Å²) in [7, 11) is 1.77. The van der Waals surface area contributed by atoms with E-state index in [1.807, 2.05) is 25.4 Å². The van der Waals surface area contributed by atoms with Crippen LogP contribution in [0.1, 0.15) is 11.3 Å². The van der Waals surface area contributed by atoms with Gasteiger partial charge in [-0.1, -0.05) is 0 Å². The first-order valence-electron chi connectivity index (χ1n) is 4.97. The third-order valence-corrected chi connectivity index (χ3v) is 2.62. The summed E-state index contributed by atoms with van der Waals surface area (Å²) in [6.45, 7) is 1.90. The lowest BCUT2D eigenvalue weighted by Crippen LogP contribution is -2.06. The van der Waals surface area contributed by atoms with Crippen molar-refractivity contribution in [1.29, 1.82) is 0 Å². The Morgan fingerprint density at radius 1 is 1.62 bits per heavy atom. The van der Waals surface area contributed by atoms with Crippen molar-refractivity contribution < 1.29 is 9.90 Å². The van der Waals surface area contributed by atoms with Crippen LogP contribution in [0.25, 0.3) is 11.3 Å². The Kier molecular flexibility index (Phi) is 2.52. The van der Waals surface area contributed by atoms with E-state index in [-0.39, 0.29) is 6.42 Å². The van der Waals surface area contributed by atoms with Crippen LogP contribution in [-0.2, 0) is 18.3 Å². The Morgan fingerprint density at radius 2 is 2.38 bits per heavy atom. The molecule has 0 radical (unpaired) electrons. The Morgan fingerprint density at radius 3 is 2.94 bits per heavy atom. The van der Waals surface area contributed by atoms with Crippen molar-refractivity contribution in [3.8, 4) is 11.3 Å². The first-order valence-corrected chi connectivity index (χ1v) is 4.97. The largest absolute Gasteiger partial charge is 0.481 e. The molecular weight excluding hydrogens is 206 g/mol.